The number of hydrogen-bond acceptors (Lipinski definition) is 5. The molecular weight excluding hydrogens is 288 g/mol. The second-order valence-corrected chi connectivity index (χ2v) is 6.70. The lowest BCUT2D eigenvalue weighted by molar-refractivity contribution is 0.182. The normalized spacial score (nSPS) is 28.5. The predicted octanol–water partition coefficient (Wildman–Crippen LogP) is 2.59. The lowest BCUT2D eigenvalue weighted by Gasteiger charge is -2.28. The van der Waals surface area contributed by atoms with Gasteiger partial charge >= 0.3 is 0 Å². The molecule has 0 aliphatic carbocycles. The van der Waals surface area contributed by atoms with Crippen LogP contribution in [0.5, 0.6) is 0 Å². The Bertz CT molecular complexity index is 641. The molecule has 2 saturated heterocycles. The molecule has 2 aromatic rings. The van der Waals surface area contributed by atoms with Crippen molar-refractivity contribution in [2.24, 2.45) is 5.92 Å². The first-order chi connectivity index (χ1) is 11.3. The summed E-state index contributed by atoms with van der Waals surface area (Å²) in [4.78, 5) is 2.56. The van der Waals surface area contributed by atoms with Gasteiger partial charge in [-0.1, -0.05) is 35.5 Å². The topological polar surface area (TPSA) is 53.3 Å². The van der Waals surface area contributed by atoms with Gasteiger partial charge in [0.2, 0.25) is 0 Å². The van der Waals surface area contributed by atoms with Crippen molar-refractivity contribution in [2.75, 3.05) is 19.6 Å². The molecule has 5 nitrogen and oxygen atoms in total. The third-order valence-corrected chi connectivity index (χ3v) is 5.06. The van der Waals surface area contributed by atoms with E-state index in [-0.39, 0.29) is 0 Å². The molecule has 3 atom stereocenters. The number of nitrogens with one attached hydrogen (secondary N) is 2. The van der Waals surface area contributed by atoms with Crippen LogP contribution in [0.2, 0.25) is 0 Å². The zero-order chi connectivity index (χ0) is 15.6. The third kappa shape index (κ3) is 3.04. The van der Waals surface area contributed by atoms with Crippen molar-refractivity contribution in [1.82, 2.24) is 20.9 Å². The monoisotopic (exact) mass is 312 g/mol. The van der Waals surface area contributed by atoms with Gasteiger partial charge in [-0.3, -0.25) is 10.3 Å². The molecule has 5 heteroatoms. The molecule has 2 aliphatic heterocycles. The highest BCUT2D eigenvalue weighted by Gasteiger charge is 2.35. The first kappa shape index (κ1) is 14.9. The summed E-state index contributed by atoms with van der Waals surface area (Å²) in [6.45, 7) is 5.20. The molecule has 2 aliphatic rings. The van der Waals surface area contributed by atoms with Crippen molar-refractivity contribution in [1.29, 1.82) is 0 Å². The number of aryl methyl sites for hydroxylation is 1. The number of rotatable bonds is 4. The molecule has 2 N–H and O–H groups in total. The number of hydrazine groups is 1. The summed E-state index contributed by atoms with van der Waals surface area (Å²) in [5.74, 6) is 1.58. The van der Waals surface area contributed by atoms with Crippen LogP contribution in [0, 0.1) is 12.8 Å². The summed E-state index contributed by atoms with van der Waals surface area (Å²) < 4.78 is 5.53. The SMILES string of the molecule is Cc1cc(C2CCCN2CC2CNNC2c2ccccc2)on1. The number of hydrogen-bond donors (Lipinski definition) is 2. The highest BCUT2D eigenvalue weighted by molar-refractivity contribution is 5.21. The molecule has 0 saturated carbocycles. The maximum atomic E-state index is 5.53. The summed E-state index contributed by atoms with van der Waals surface area (Å²) in [5.41, 5.74) is 9.11. The molecule has 122 valence electrons. The standard InChI is InChI=1S/C18H24N4O/c1-13-10-17(23-21-13)16-8-5-9-22(16)12-15-11-19-20-18(15)14-6-3-2-4-7-14/h2-4,6-7,10,15-16,18-20H,5,8-9,11-12H2,1H3. The number of likely N-dealkylation sites (tertiary alicyclic amines) is 1. The van der Waals surface area contributed by atoms with Crippen LogP contribution < -0.4 is 10.9 Å². The maximum Gasteiger partial charge on any atom is 0.154 e. The van der Waals surface area contributed by atoms with Crippen LogP contribution >= 0.6 is 0 Å². The minimum Gasteiger partial charge on any atom is -0.359 e. The van der Waals surface area contributed by atoms with Gasteiger partial charge in [-0.05, 0) is 31.9 Å². The van der Waals surface area contributed by atoms with Crippen molar-refractivity contribution < 1.29 is 4.52 Å². The van der Waals surface area contributed by atoms with Gasteiger partial charge in [-0.25, -0.2) is 5.43 Å². The zero-order valence-electron chi connectivity index (χ0n) is 13.5. The molecule has 0 amide bonds. The van der Waals surface area contributed by atoms with E-state index in [9.17, 15) is 0 Å². The third-order valence-electron chi connectivity index (χ3n) is 5.06. The minimum atomic E-state index is 0.369. The second-order valence-electron chi connectivity index (χ2n) is 6.70. The summed E-state index contributed by atoms with van der Waals surface area (Å²) in [7, 11) is 0. The molecular formula is C18H24N4O. The lowest BCUT2D eigenvalue weighted by atomic mass is 9.94. The second kappa shape index (κ2) is 6.43. The Labute approximate surface area is 137 Å². The Morgan fingerprint density at radius 3 is 2.96 bits per heavy atom. The van der Waals surface area contributed by atoms with E-state index in [0.717, 1.165) is 37.5 Å². The van der Waals surface area contributed by atoms with E-state index in [1.807, 2.05) is 6.92 Å². The van der Waals surface area contributed by atoms with Crippen molar-refractivity contribution in [2.45, 2.75) is 31.8 Å². The van der Waals surface area contributed by atoms with Crippen LogP contribution in [0.1, 0.15) is 41.9 Å². The fourth-order valence-electron chi connectivity index (χ4n) is 3.93. The molecule has 0 bridgehead atoms. The lowest BCUT2D eigenvalue weighted by Crippen LogP contribution is -2.32. The summed E-state index contributed by atoms with van der Waals surface area (Å²) in [6.07, 6.45) is 2.40. The molecule has 4 rings (SSSR count). The van der Waals surface area contributed by atoms with Crippen molar-refractivity contribution in [3.05, 3.63) is 53.4 Å². The van der Waals surface area contributed by atoms with Gasteiger partial charge in [-0.15, -0.1) is 0 Å². The van der Waals surface area contributed by atoms with Gasteiger partial charge in [0.15, 0.2) is 5.76 Å². The quantitative estimate of drug-likeness (QED) is 0.909. The molecule has 0 radical (unpaired) electrons. The Hall–Kier alpha value is -1.69. The van der Waals surface area contributed by atoms with Crippen LogP contribution in [0.15, 0.2) is 40.9 Å². The smallest absolute Gasteiger partial charge is 0.154 e. The first-order valence-electron chi connectivity index (χ1n) is 8.52. The largest absolute Gasteiger partial charge is 0.359 e. The summed E-state index contributed by atoms with van der Waals surface area (Å²) >= 11 is 0. The van der Waals surface area contributed by atoms with E-state index >= 15 is 0 Å². The molecule has 1 aromatic heterocycles. The minimum absolute atomic E-state index is 0.369. The fourth-order valence-corrected chi connectivity index (χ4v) is 3.93. The number of aromatic nitrogens is 1. The van der Waals surface area contributed by atoms with E-state index in [2.05, 4.69) is 57.3 Å². The molecule has 23 heavy (non-hydrogen) atoms. The van der Waals surface area contributed by atoms with E-state index in [1.165, 1.54) is 12.0 Å². The Balaban J connectivity index is 1.48. The van der Waals surface area contributed by atoms with Crippen LogP contribution in [0.25, 0.3) is 0 Å². The molecule has 3 unspecified atom stereocenters. The molecule has 0 spiro atoms. The van der Waals surface area contributed by atoms with Crippen LogP contribution in [-0.4, -0.2) is 29.7 Å². The van der Waals surface area contributed by atoms with E-state index in [4.69, 9.17) is 4.52 Å². The number of benzene rings is 1. The summed E-state index contributed by atoms with van der Waals surface area (Å²) in [6, 6.07) is 13.6. The first-order valence-corrected chi connectivity index (χ1v) is 8.52. The zero-order valence-corrected chi connectivity index (χ0v) is 13.5. The van der Waals surface area contributed by atoms with E-state index < -0.39 is 0 Å². The Morgan fingerprint density at radius 2 is 2.17 bits per heavy atom. The van der Waals surface area contributed by atoms with Gasteiger partial charge in [0.25, 0.3) is 0 Å². The highest BCUT2D eigenvalue weighted by Crippen LogP contribution is 2.35. The Kier molecular flexibility index (Phi) is 4.16. The van der Waals surface area contributed by atoms with Crippen molar-refractivity contribution in [3.8, 4) is 0 Å². The maximum absolute atomic E-state index is 5.53. The van der Waals surface area contributed by atoms with Crippen LogP contribution in [0.3, 0.4) is 0 Å². The van der Waals surface area contributed by atoms with Gasteiger partial charge < -0.3 is 4.52 Å². The molecule has 2 fully saturated rings. The van der Waals surface area contributed by atoms with Gasteiger partial charge in [0.1, 0.15) is 0 Å². The fraction of sp³-hybridized carbons (Fsp3) is 0.500. The Morgan fingerprint density at radius 1 is 1.30 bits per heavy atom. The average Bonchev–Trinajstić information content (AvgIpc) is 3.29. The molecule has 3 heterocycles. The highest BCUT2D eigenvalue weighted by atomic mass is 16.5. The van der Waals surface area contributed by atoms with E-state index in [1.54, 1.807) is 0 Å². The van der Waals surface area contributed by atoms with Crippen molar-refractivity contribution in [3.63, 3.8) is 0 Å². The van der Waals surface area contributed by atoms with E-state index in [0.29, 0.717) is 18.0 Å². The number of nitrogens with zero attached hydrogens (tertiary/aromatic N) is 2. The van der Waals surface area contributed by atoms with Gasteiger partial charge in [0.05, 0.1) is 17.8 Å². The van der Waals surface area contributed by atoms with Gasteiger partial charge in [-0.2, -0.15) is 0 Å². The van der Waals surface area contributed by atoms with Crippen LogP contribution in [0.4, 0.5) is 0 Å². The average molecular weight is 312 g/mol. The predicted molar refractivity (Wildman–Crippen MR) is 88.6 cm³/mol. The van der Waals surface area contributed by atoms with Gasteiger partial charge in [0, 0.05) is 25.1 Å². The van der Waals surface area contributed by atoms with Crippen molar-refractivity contribution >= 4 is 0 Å². The summed E-state index contributed by atoms with van der Waals surface area (Å²) in [5, 5.41) is 4.06. The van der Waals surface area contributed by atoms with Crippen LogP contribution in [-0.2, 0) is 0 Å². The molecule has 1 aromatic carbocycles.